The molecule has 30 heavy (non-hydrogen) atoms. The predicted octanol–water partition coefficient (Wildman–Crippen LogP) is 3.76. The van der Waals surface area contributed by atoms with E-state index in [4.69, 9.17) is 0 Å². The summed E-state index contributed by atoms with van der Waals surface area (Å²) in [5.41, 5.74) is 2.40. The van der Waals surface area contributed by atoms with Crippen LogP contribution in [-0.4, -0.2) is 42.4 Å². The maximum Gasteiger partial charge on any atom is 0.321 e. The molecule has 0 spiro atoms. The number of halogens is 1. The van der Waals surface area contributed by atoms with Crippen LogP contribution in [-0.2, 0) is 9.59 Å². The molecule has 7 nitrogen and oxygen atoms in total. The summed E-state index contributed by atoms with van der Waals surface area (Å²) >= 11 is 3.39. The SMILES string of the molecule is Cc1cc(Br)ccc1NC(=O)CNC(=O)C1CCN(C(=O)Nc2ccccc2)CC1. The smallest absolute Gasteiger partial charge is 0.321 e. The number of amides is 4. The zero-order chi connectivity index (χ0) is 21.5. The van der Waals surface area contributed by atoms with Gasteiger partial charge in [-0.2, -0.15) is 0 Å². The molecule has 3 rings (SSSR count). The number of hydrogen-bond acceptors (Lipinski definition) is 3. The highest BCUT2D eigenvalue weighted by Crippen LogP contribution is 2.20. The van der Waals surface area contributed by atoms with Crippen LogP contribution < -0.4 is 16.0 Å². The van der Waals surface area contributed by atoms with Gasteiger partial charge in [0.1, 0.15) is 0 Å². The van der Waals surface area contributed by atoms with Crippen molar-refractivity contribution in [1.82, 2.24) is 10.2 Å². The van der Waals surface area contributed by atoms with E-state index >= 15 is 0 Å². The Morgan fingerprint density at radius 2 is 1.73 bits per heavy atom. The largest absolute Gasteiger partial charge is 0.347 e. The minimum Gasteiger partial charge on any atom is -0.347 e. The number of hydrogen-bond donors (Lipinski definition) is 3. The van der Waals surface area contributed by atoms with Crippen LogP contribution in [0.5, 0.6) is 0 Å². The second-order valence-corrected chi connectivity index (χ2v) is 8.20. The van der Waals surface area contributed by atoms with Gasteiger partial charge in [0, 0.05) is 34.9 Å². The van der Waals surface area contributed by atoms with E-state index in [1.165, 1.54) is 0 Å². The molecule has 0 unspecified atom stereocenters. The topological polar surface area (TPSA) is 90.5 Å². The van der Waals surface area contributed by atoms with Gasteiger partial charge in [-0.1, -0.05) is 34.1 Å². The fraction of sp³-hybridized carbons (Fsp3) is 0.318. The molecule has 1 heterocycles. The summed E-state index contributed by atoms with van der Waals surface area (Å²) in [7, 11) is 0. The minimum atomic E-state index is -0.270. The molecule has 0 saturated carbocycles. The number of rotatable bonds is 5. The van der Waals surface area contributed by atoms with Crippen molar-refractivity contribution in [3.63, 3.8) is 0 Å². The summed E-state index contributed by atoms with van der Waals surface area (Å²) in [6.45, 7) is 2.83. The van der Waals surface area contributed by atoms with Gasteiger partial charge in [0.15, 0.2) is 0 Å². The van der Waals surface area contributed by atoms with Crippen molar-refractivity contribution >= 4 is 45.2 Å². The summed E-state index contributed by atoms with van der Waals surface area (Å²) in [5, 5.41) is 8.37. The molecule has 158 valence electrons. The Labute approximate surface area is 184 Å². The number of carbonyl (C=O) groups is 3. The molecular formula is C22H25BrN4O3. The molecule has 2 aromatic rings. The number of likely N-dealkylation sites (tertiary alicyclic amines) is 1. The van der Waals surface area contributed by atoms with Crippen LogP contribution in [0.2, 0.25) is 0 Å². The second kappa shape index (κ2) is 10.2. The summed E-state index contributed by atoms with van der Waals surface area (Å²) in [6, 6.07) is 14.7. The van der Waals surface area contributed by atoms with Gasteiger partial charge in [-0.15, -0.1) is 0 Å². The van der Waals surface area contributed by atoms with Crippen molar-refractivity contribution in [2.24, 2.45) is 5.92 Å². The van der Waals surface area contributed by atoms with Crippen molar-refractivity contribution in [3.05, 3.63) is 58.6 Å². The van der Waals surface area contributed by atoms with Gasteiger partial charge in [0.05, 0.1) is 6.54 Å². The summed E-state index contributed by atoms with van der Waals surface area (Å²) in [5.74, 6) is -0.623. The molecule has 2 aromatic carbocycles. The van der Waals surface area contributed by atoms with Crippen molar-refractivity contribution in [3.8, 4) is 0 Å². The molecular weight excluding hydrogens is 448 g/mol. The first-order valence-corrected chi connectivity index (χ1v) is 10.7. The van der Waals surface area contributed by atoms with E-state index in [2.05, 4.69) is 31.9 Å². The summed E-state index contributed by atoms with van der Waals surface area (Å²) < 4.78 is 0.940. The van der Waals surface area contributed by atoms with E-state index in [0.717, 1.165) is 21.4 Å². The zero-order valence-electron chi connectivity index (χ0n) is 16.8. The van der Waals surface area contributed by atoms with Crippen LogP contribution in [0.1, 0.15) is 18.4 Å². The number of carbonyl (C=O) groups excluding carboxylic acids is 3. The highest BCUT2D eigenvalue weighted by Gasteiger charge is 2.27. The molecule has 3 N–H and O–H groups in total. The molecule has 0 aliphatic carbocycles. The van der Waals surface area contributed by atoms with Crippen molar-refractivity contribution in [1.29, 1.82) is 0 Å². The minimum absolute atomic E-state index is 0.0803. The van der Waals surface area contributed by atoms with Gasteiger partial charge >= 0.3 is 6.03 Å². The zero-order valence-corrected chi connectivity index (χ0v) is 18.4. The molecule has 0 bridgehead atoms. The van der Waals surface area contributed by atoms with Gasteiger partial charge in [0.2, 0.25) is 11.8 Å². The first-order chi connectivity index (χ1) is 14.4. The van der Waals surface area contributed by atoms with E-state index in [0.29, 0.717) is 25.9 Å². The van der Waals surface area contributed by atoms with Crippen LogP contribution in [0.25, 0.3) is 0 Å². The van der Waals surface area contributed by atoms with Crippen LogP contribution in [0.15, 0.2) is 53.0 Å². The van der Waals surface area contributed by atoms with E-state index in [9.17, 15) is 14.4 Å². The third-order valence-corrected chi connectivity index (χ3v) is 5.56. The molecule has 1 saturated heterocycles. The van der Waals surface area contributed by atoms with Gasteiger partial charge in [-0.05, 0) is 55.7 Å². The number of piperidine rings is 1. The Hall–Kier alpha value is -2.87. The summed E-state index contributed by atoms with van der Waals surface area (Å²) in [6.07, 6.45) is 1.14. The predicted molar refractivity (Wildman–Crippen MR) is 120 cm³/mol. The number of anilines is 2. The van der Waals surface area contributed by atoms with Gasteiger partial charge in [0.25, 0.3) is 0 Å². The first-order valence-electron chi connectivity index (χ1n) is 9.87. The van der Waals surface area contributed by atoms with Gasteiger partial charge in [-0.25, -0.2) is 4.79 Å². The molecule has 1 aliphatic rings. The highest BCUT2D eigenvalue weighted by atomic mass is 79.9. The Balaban J connectivity index is 1.40. The monoisotopic (exact) mass is 472 g/mol. The number of para-hydroxylation sites is 1. The van der Waals surface area contributed by atoms with Crippen molar-refractivity contribution in [2.75, 3.05) is 30.3 Å². The molecule has 8 heteroatoms. The third kappa shape index (κ3) is 6.06. The average molecular weight is 473 g/mol. The lowest BCUT2D eigenvalue weighted by Gasteiger charge is -2.31. The Kier molecular flexibility index (Phi) is 7.46. The maximum atomic E-state index is 12.4. The van der Waals surface area contributed by atoms with Crippen LogP contribution in [0.4, 0.5) is 16.2 Å². The van der Waals surface area contributed by atoms with Gasteiger partial charge in [-0.3, -0.25) is 9.59 Å². The van der Waals surface area contributed by atoms with Crippen molar-refractivity contribution < 1.29 is 14.4 Å². The number of aryl methyl sites for hydroxylation is 1. The standard InChI is InChI=1S/C22H25BrN4O3/c1-15-13-17(23)7-8-19(15)26-20(28)14-24-21(29)16-9-11-27(12-10-16)22(30)25-18-5-3-2-4-6-18/h2-8,13,16H,9-12,14H2,1H3,(H,24,29)(H,25,30)(H,26,28). The van der Waals surface area contributed by atoms with Crippen LogP contribution >= 0.6 is 15.9 Å². The van der Waals surface area contributed by atoms with E-state index in [-0.39, 0.29) is 30.3 Å². The lowest BCUT2D eigenvalue weighted by atomic mass is 9.96. The summed E-state index contributed by atoms with van der Waals surface area (Å²) in [4.78, 5) is 38.6. The van der Waals surface area contributed by atoms with E-state index < -0.39 is 0 Å². The van der Waals surface area contributed by atoms with E-state index in [1.807, 2.05) is 55.5 Å². The van der Waals surface area contributed by atoms with Crippen molar-refractivity contribution in [2.45, 2.75) is 19.8 Å². The normalized spacial score (nSPS) is 14.1. The maximum absolute atomic E-state index is 12.4. The second-order valence-electron chi connectivity index (χ2n) is 7.28. The fourth-order valence-corrected chi connectivity index (χ4v) is 3.82. The van der Waals surface area contributed by atoms with Crippen LogP contribution in [0, 0.1) is 12.8 Å². The average Bonchev–Trinajstić information content (AvgIpc) is 2.75. The quantitative estimate of drug-likeness (QED) is 0.618. The van der Waals surface area contributed by atoms with Gasteiger partial charge < -0.3 is 20.9 Å². The fourth-order valence-electron chi connectivity index (χ4n) is 3.34. The molecule has 1 aliphatic heterocycles. The van der Waals surface area contributed by atoms with E-state index in [1.54, 1.807) is 4.90 Å². The number of nitrogens with zero attached hydrogens (tertiary/aromatic N) is 1. The number of benzene rings is 2. The Morgan fingerprint density at radius 1 is 1.03 bits per heavy atom. The lowest BCUT2D eigenvalue weighted by Crippen LogP contribution is -2.45. The Bertz CT molecular complexity index is 912. The number of urea groups is 1. The molecule has 0 atom stereocenters. The molecule has 0 aromatic heterocycles. The molecule has 4 amide bonds. The Morgan fingerprint density at radius 3 is 2.40 bits per heavy atom. The molecule has 1 fully saturated rings. The number of nitrogens with one attached hydrogen (secondary N) is 3. The van der Waals surface area contributed by atoms with Crippen LogP contribution in [0.3, 0.4) is 0 Å². The highest BCUT2D eigenvalue weighted by molar-refractivity contribution is 9.10. The molecule has 0 radical (unpaired) electrons. The third-order valence-electron chi connectivity index (χ3n) is 5.06. The lowest BCUT2D eigenvalue weighted by molar-refractivity contribution is -0.128. The first kappa shape index (κ1) is 21.8.